The zero-order chi connectivity index (χ0) is 12.9. The Hall–Kier alpha value is -1.18. The minimum absolute atomic E-state index is 0.0160. The van der Waals surface area contributed by atoms with E-state index < -0.39 is 0 Å². The summed E-state index contributed by atoms with van der Waals surface area (Å²) < 4.78 is 0. The Kier molecular flexibility index (Phi) is 4.86. The van der Waals surface area contributed by atoms with Crippen LogP contribution in [0.4, 0.5) is 0 Å². The highest BCUT2D eigenvalue weighted by Crippen LogP contribution is 2.37. The zero-order valence-corrected chi connectivity index (χ0v) is 11.2. The number of benzene rings is 1. The summed E-state index contributed by atoms with van der Waals surface area (Å²) in [5.41, 5.74) is 1.21. The molecule has 2 nitrogen and oxygen atoms in total. The third kappa shape index (κ3) is 3.39. The molecule has 0 saturated heterocycles. The second-order valence-electron chi connectivity index (χ2n) is 5.07. The first kappa shape index (κ1) is 13.9. The van der Waals surface area contributed by atoms with E-state index in [2.05, 4.69) is 20.8 Å². The lowest BCUT2D eigenvalue weighted by molar-refractivity contribution is 0.383. The van der Waals surface area contributed by atoms with Gasteiger partial charge < -0.3 is 10.2 Å². The third-order valence-corrected chi connectivity index (χ3v) is 3.78. The van der Waals surface area contributed by atoms with Crippen LogP contribution in [-0.4, -0.2) is 10.2 Å². The zero-order valence-electron chi connectivity index (χ0n) is 11.2. The minimum Gasteiger partial charge on any atom is -0.504 e. The second kappa shape index (κ2) is 5.95. The summed E-state index contributed by atoms with van der Waals surface area (Å²) in [7, 11) is 0. The van der Waals surface area contributed by atoms with Gasteiger partial charge in [-0.25, -0.2) is 0 Å². The van der Waals surface area contributed by atoms with Gasteiger partial charge in [0, 0.05) is 0 Å². The summed E-state index contributed by atoms with van der Waals surface area (Å²) in [5.74, 6) is -0.0570. The van der Waals surface area contributed by atoms with Crippen LogP contribution in [-0.2, 0) is 5.41 Å². The van der Waals surface area contributed by atoms with Crippen molar-refractivity contribution in [2.45, 2.75) is 58.3 Å². The van der Waals surface area contributed by atoms with Gasteiger partial charge in [-0.1, -0.05) is 46.1 Å². The summed E-state index contributed by atoms with van der Waals surface area (Å²) in [6, 6.07) is 5.20. The second-order valence-corrected chi connectivity index (χ2v) is 5.07. The van der Waals surface area contributed by atoms with Gasteiger partial charge in [-0.2, -0.15) is 0 Å². The number of phenols is 2. The van der Waals surface area contributed by atoms with Gasteiger partial charge >= 0.3 is 0 Å². The van der Waals surface area contributed by atoms with Crippen molar-refractivity contribution in [2.75, 3.05) is 0 Å². The Bertz CT molecular complexity index is 360. The van der Waals surface area contributed by atoms with Crippen LogP contribution in [0.3, 0.4) is 0 Å². The topological polar surface area (TPSA) is 40.5 Å². The molecule has 0 radical (unpaired) electrons. The lowest BCUT2D eigenvalue weighted by Crippen LogP contribution is -2.20. The molecule has 96 valence electrons. The minimum atomic E-state index is -0.0410. The fraction of sp³-hybridized carbons (Fsp3) is 0.600. The van der Waals surface area contributed by atoms with Crippen molar-refractivity contribution in [3.63, 3.8) is 0 Å². The van der Waals surface area contributed by atoms with Gasteiger partial charge in [-0.15, -0.1) is 0 Å². The number of rotatable bonds is 6. The summed E-state index contributed by atoms with van der Waals surface area (Å²) in [6.45, 7) is 6.61. The van der Waals surface area contributed by atoms with Crippen LogP contribution in [0.15, 0.2) is 18.2 Å². The van der Waals surface area contributed by atoms with E-state index in [9.17, 15) is 10.2 Å². The van der Waals surface area contributed by atoms with Crippen molar-refractivity contribution in [1.82, 2.24) is 0 Å². The molecule has 0 heterocycles. The van der Waals surface area contributed by atoms with Crippen molar-refractivity contribution >= 4 is 0 Å². The molecule has 0 saturated carbocycles. The Labute approximate surface area is 104 Å². The molecule has 0 aliphatic rings. The first-order chi connectivity index (χ1) is 8.03. The number of unbranched alkanes of at least 4 members (excludes halogenated alkanes) is 2. The summed E-state index contributed by atoms with van der Waals surface area (Å²) in [4.78, 5) is 0. The maximum Gasteiger partial charge on any atom is 0.157 e. The molecule has 2 heteroatoms. The van der Waals surface area contributed by atoms with Gasteiger partial charge in [-0.3, -0.25) is 0 Å². The molecule has 2 N–H and O–H groups in total. The average molecular weight is 236 g/mol. The maximum atomic E-state index is 9.58. The predicted octanol–water partition coefficient (Wildman–Crippen LogP) is 4.35. The van der Waals surface area contributed by atoms with Crippen molar-refractivity contribution in [2.24, 2.45) is 0 Å². The molecular weight excluding hydrogens is 212 g/mol. The molecule has 1 unspecified atom stereocenters. The normalized spacial score (nSPS) is 14.5. The van der Waals surface area contributed by atoms with Crippen LogP contribution in [0.5, 0.6) is 11.5 Å². The van der Waals surface area contributed by atoms with E-state index in [1.54, 1.807) is 12.1 Å². The fourth-order valence-electron chi connectivity index (χ4n) is 2.19. The van der Waals surface area contributed by atoms with Gasteiger partial charge in [-0.05, 0) is 36.0 Å². The van der Waals surface area contributed by atoms with Crippen molar-refractivity contribution in [3.8, 4) is 11.5 Å². The van der Waals surface area contributed by atoms with Crippen LogP contribution in [0.1, 0.15) is 58.4 Å². The van der Waals surface area contributed by atoms with E-state index in [-0.39, 0.29) is 16.9 Å². The summed E-state index contributed by atoms with van der Waals surface area (Å²) >= 11 is 0. The first-order valence-electron chi connectivity index (χ1n) is 6.56. The quantitative estimate of drug-likeness (QED) is 0.569. The Morgan fingerprint density at radius 1 is 1.06 bits per heavy atom. The summed E-state index contributed by atoms with van der Waals surface area (Å²) in [5, 5.41) is 18.9. The Balaban J connectivity index is 2.87. The molecule has 0 aromatic heterocycles. The first-order valence-corrected chi connectivity index (χ1v) is 6.56. The fourth-order valence-corrected chi connectivity index (χ4v) is 2.19. The van der Waals surface area contributed by atoms with Gasteiger partial charge in [0.1, 0.15) is 0 Å². The van der Waals surface area contributed by atoms with Crippen LogP contribution in [0.25, 0.3) is 0 Å². The standard InChI is InChI=1S/C15H24O2/c1-4-6-7-10-15(3,5-2)12-8-9-13(16)14(17)11-12/h8-9,11,16-17H,4-7,10H2,1-3H3. The van der Waals surface area contributed by atoms with Gasteiger partial charge in [0.25, 0.3) is 0 Å². The Morgan fingerprint density at radius 3 is 2.29 bits per heavy atom. The SMILES string of the molecule is CCCCCC(C)(CC)c1ccc(O)c(O)c1. The molecule has 0 bridgehead atoms. The molecule has 17 heavy (non-hydrogen) atoms. The molecule has 1 aromatic rings. The Morgan fingerprint density at radius 2 is 1.76 bits per heavy atom. The van der Waals surface area contributed by atoms with Crippen molar-refractivity contribution in [3.05, 3.63) is 23.8 Å². The molecule has 1 atom stereocenters. The van der Waals surface area contributed by atoms with Crippen molar-refractivity contribution < 1.29 is 10.2 Å². The smallest absolute Gasteiger partial charge is 0.157 e. The highest BCUT2D eigenvalue weighted by Gasteiger charge is 2.24. The van der Waals surface area contributed by atoms with E-state index in [1.165, 1.54) is 19.3 Å². The number of hydrogen-bond acceptors (Lipinski definition) is 2. The predicted molar refractivity (Wildman–Crippen MR) is 71.6 cm³/mol. The van der Waals surface area contributed by atoms with Gasteiger partial charge in [0.05, 0.1) is 0 Å². The van der Waals surface area contributed by atoms with E-state index in [1.807, 2.05) is 6.07 Å². The number of hydrogen-bond donors (Lipinski definition) is 2. The number of aromatic hydroxyl groups is 2. The monoisotopic (exact) mass is 236 g/mol. The van der Waals surface area contributed by atoms with Gasteiger partial charge in [0.2, 0.25) is 0 Å². The largest absolute Gasteiger partial charge is 0.504 e. The molecule has 0 spiro atoms. The van der Waals surface area contributed by atoms with Crippen molar-refractivity contribution in [1.29, 1.82) is 0 Å². The van der Waals surface area contributed by atoms with Gasteiger partial charge in [0.15, 0.2) is 11.5 Å². The molecule has 1 aromatic carbocycles. The van der Waals surface area contributed by atoms with Crippen LogP contribution >= 0.6 is 0 Å². The molecule has 0 aliphatic heterocycles. The molecule has 0 fully saturated rings. The van der Waals surface area contributed by atoms with E-state index >= 15 is 0 Å². The molecule has 0 amide bonds. The maximum absolute atomic E-state index is 9.58. The molecule has 1 rings (SSSR count). The molecular formula is C15H24O2. The lowest BCUT2D eigenvalue weighted by atomic mass is 9.76. The number of phenolic OH excluding ortho intramolecular Hbond substituents is 2. The lowest BCUT2D eigenvalue weighted by Gasteiger charge is -2.29. The van der Waals surface area contributed by atoms with Crippen LogP contribution in [0.2, 0.25) is 0 Å². The van der Waals surface area contributed by atoms with E-state index in [4.69, 9.17) is 0 Å². The van der Waals surface area contributed by atoms with Crippen LogP contribution < -0.4 is 0 Å². The third-order valence-electron chi connectivity index (χ3n) is 3.78. The molecule has 0 aliphatic carbocycles. The highest BCUT2D eigenvalue weighted by atomic mass is 16.3. The van der Waals surface area contributed by atoms with E-state index in [0.717, 1.165) is 18.4 Å². The average Bonchev–Trinajstić information content (AvgIpc) is 2.32. The van der Waals surface area contributed by atoms with E-state index in [0.29, 0.717) is 0 Å². The van der Waals surface area contributed by atoms with Crippen LogP contribution in [0, 0.1) is 0 Å². The highest BCUT2D eigenvalue weighted by molar-refractivity contribution is 5.43. The summed E-state index contributed by atoms with van der Waals surface area (Å²) in [6.07, 6.45) is 5.85.